The highest BCUT2D eigenvalue weighted by Gasteiger charge is 2.25. The Morgan fingerprint density at radius 2 is 1.94 bits per heavy atom. The molecule has 1 unspecified atom stereocenters. The van der Waals surface area contributed by atoms with Gasteiger partial charge in [0.1, 0.15) is 11.5 Å². The maximum absolute atomic E-state index is 11.0. The van der Waals surface area contributed by atoms with Crippen LogP contribution in [0.1, 0.15) is 18.4 Å². The van der Waals surface area contributed by atoms with E-state index >= 15 is 0 Å². The molecular weight excluding hydrogens is 264 g/mol. The van der Waals surface area contributed by atoms with Gasteiger partial charge in [0.2, 0.25) is 0 Å². The van der Waals surface area contributed by atoms with Gasteiger partial charge in [0, 0.05) is 0 Å². The van der Waals surface area contributed by atoms with Crippen LogP contribution in [0.15, 0.2) is 17.0 Å². The predicted molar refractivity (Wildman–Crippen MR) is 60.5 cm³/mol. The second kappa shape index (κ2) is 4.83. The molecule has 0 saturated carbocycles. The van der Waals surface area contributed by atoms with Crippen molar-refractivity contribution < 1.29 is 32.7 Å². The van der Waals surface area contributed by atoms with Crippen molar-refractivity contribution >= 4 is 16.1 Å². The molecule has 1 aromatic carbocycles. The van der Waals surface area contributed by atoms with Crippen LogP contribution in [0.25, 0.3) is 0 Å². The zero-order valence-electron chi connectivity index (χ0n) is 9.61. The third-order valence-electron chi connectivity index (χ3n) is 2.41. The van der Waals surface area contributed by atoms with E-state index in [0.29, 0.717) is 0 Å². The Bertz CT molecular complexity index is 576. The molecule has 0 aromatic heterocycles. The van der Waals surface area contributed by atoms with Crippen LogP contribution in [-0.2, 0) is 14.9 Å². The smallest absolute Gasteiger partial charge is 0.310 e. The van der Waals surface area contributed by atoms with Gasteiger partial charge in [-0.2, -0.15) is 8.42 Å². The number of aliphatic carboxylic acids is 1. The minimum absolute atomic E-state index is 0.157. The Morgan fingerprint density at radius 1 is 1.39 bits per heavy atom. The molecule has 1 aromatic rings. The molecule has 0 saturated heterocycles. The number of aromatic hydroxyl groups is 1. The zero-order chi connectivity index (χ0) is 14.1. The lowest BCUT2D eigenvalue weighted by Crippen LogP contribution is -2.09. The van der Waals surface area contributed by atoms with Gasteiger partial charge in [-0.05, 0) is 24.6 Å². The molecular formula is C10H12O7S. The Morgan fingerprint density at radius 3 is 2.33 bits per heavy atom. The van der Waals surface area contributed by atoms with E-state index < -0.39 is 32.7 Å². The van der Waals surface area contributed by atoms with Gasteiger partial charge < -0.3 is 14.9 Å². The summed E-state index contributed by atoms with van der Waals surface area (Å²) < 4.78 is 35.8. The van der Waals surface area contributed by atoms with E-state index in [4.69, 9.17) is 14.4 Å². The van der Waals surface area contributed by atoms with E-state index in [1.165, 1.54) is 6.92 Å². The summed E-state index contributed by atoms with van der Waals surface area (Å²) in [6, 6.07) is 2.10. The van der Waals surface area contributed by atoms with Gasteiger partial charge in [0.05, 0.1) is 13.0 Å². The molecule has 0 aliphatic rings. The Kier molecular flexibility index (Phi) is 3.82. The lowest BCUT2D eigenvalue weighted by Gasteiger charge is -2.13. The summed E-state index contributed by atoms with van der Waals surface area (Å²) in [5.41, 5.74) is 0.157. The van der Waals surface area contributed by atoms with Crippen molar-refractivity contribution in [2.75, 3.05) is 7.11 Å². The molecule has 0 aliphatic heterocycles. The summed E-state index contributed by atoms with van der Waals surface area (Å²) in [5, 5.41) is 18.4. The van der Waals surface area contributed by atoms with Crippen LogP contribution in [0.4, 0.5) is 0 Å². The number of carboxylic acids is 1. The third kappa shape index (κ3) is 2.71. The van der Waals surface area contributed by atoms with Crippen molar-refractivity contribution in [2.45, 2.75) is 17.7 Å². The van der Waals surface area contributed by atoms with E-state index in [0.717, 1.165) is 19.2 Å². The molecule has 0 amide bonds. The summed E-state index contributed by atoms with van der Waals surface area (Å²) in [5.74, 6) is -3.18. The molecule has 0 bridgehead atoms. The molecule has 0 spiro atoms. The number of benzene rings is 1. The molecule has 0 radical (unpaired) electrons. The van der Waals surface area contributed by atoms with E-state index in [2.05, 4.69) is 0 Å². The van der Waals surface area contributed by atoms with E-state index in [1.807, 2.05) is 0 Å². The number of carbonyl (C=O) groups is 1. The van der Waals surface area contributed by atoms with Gasteiger partial charge in [0.15, 0.2) is 4.90 Å². The number of hydrogen-bond donors (Lipinski definition) is 3. The van der Waals surface area contributed by atoms with Gasteiger partial charge in [-0.15, -0.1) is 0 Å². The lowest BCUT2D eigenvalue weighted by atomic mass is 10.0. The van der Waals surface area contributed by atoms with Gasteiger partial charge in [-0.25, -0.2) is 0 Å². The van der Waals surface area contributed by atoms with Crippen LogP contribution < -0.4 is 4.74 Å². The van der Waals surface area contributed by atoms with Gasteiger partial charge in [-0.3, -0.25) is 9.35 Å². The number of phenolic OH excluding ortho intramolecular Hbond substituents is 1. The molecule has 100 valence electrons. The summed E-state index contributed by atoms with van der Waals surface area (Å²) in [7, 11) is -3.52. The molecule has 7 nitrogen and oxygen atoms in total. The normalized spacial score (nSPS) is 13.1. The van der Waals surface area contributed by atoms with Crippen molar-refractivity contribution in [2.24, 2.45) is 0 Å². The van der Waals surface area contributed by atoms with Crippen LogP contribution in [0.5, 0.6) is 11.5 Å². The highest BCUT2D eigenvalue weighted by Crippen LogP contribution is 2.36. The average Bonchev–Trinajstić information content (AvgIpc) is 2.24. The number of carboxylic acid groups (broad SMARTS) is 1. The van der Waals surface area contributed by atoms with Crippen LogP contribution in [-0.4, -0.2) is 36.3 Å². The summed E-state index contributed by atoms with van der Waals surface area (Å²) >= 11 is 0. The average molecular weight is 276 g/mol. The van der Waals surface area contributed by atoms with Crippen LogP contribution in [0.2, 0.25) is 0 Å². The number of methoxy groups -OCH3 is 1. The van der Waals surface area contributed by atoms with Gasteiger partial charge in [-0.1, -0.05) is 0 Å². The second-order valence-corrected chi connectivity index (χ2v) is 4.96. The molecule has 0 fully saturated rings. The molecule has 3 N–H and O–H groups in total. The first-order valence-corrected chi connectivity index (χ1v) is 6.23. The molecule has 18 heavy (non-hydrogen) atoms. The van der Waals surface area contributed by atoms with Crippen molar-refractivity contribution in [3.63, 3.8) is 0 Å². The first-order valence-electron chi connectivity index (χ1n) is 4.79. The van der Waals surface area contributed by atoms with E-state index in [1.54, 1.807) is 0 Å². The topological polar surface area (TPSA) is 121 Å². The second-order valence-electron chi connectivity index (χ2n) is 3.61. The summed E-state index contributed by atoms with van der Waals surface area (Å²) in [4.78, 5) is 10.0. The maximum Gasteiger partial charge on any atom is 0.310 e. The maximum atomic E-state index is 11.0. The largest absolute Gasteiger partial charge is 0.506 e. The minimum atomic E-state index is -4.66. The lowest BCUT2D eigenvalue weighted by molar-refractivity contribution is -0.138. The van der Waals surface area contributed by atoms with Crippen LogP contribution in [0, 0.1) is 0 Å². The Balaban J connectivity index is 3.51. The molecule has 0 heterocycles. The molecule has 8 heteroatoms. The van der Waals surface area contributed by atoms with Crippen LogP contribution in [0.3, 0.4) is 0 Å². The zero-order valence-corrected chi connectivity index (χ0v) is 10.4. The van der Waals surface area contributed by atoms with Crippen molar-refractivity contribution in [1.82, 2.24) is 0 Å². The first kappa shape index (κ1) is 14.3. The number of rotatable bonds is 4. The predicted octanol–water partition coefficient (Wildman–Crippen LogP) is 0.836. The highest BCUT2D eigenvalue weighted by atomic mass is 32.2. The summed E-state index contributed by atoms with van der Waals surface area (Å²) in [6.45, 7) is 1.36. The highest BCUT2D eigenvalue weighted by molar-refractivity contribution is 7.86. The standard InChI is InChI=1S/C10H12O7S/c1-5(10(12)13)6-3-7(11)9(18(14,15)16)8(4-6)17-2/h3-5,11H,1-2H3,(H,12,13)(H,14,15,16). The van der Waals surface area contributed by atoms with Crippen molar-refractivity contribution in [3.8, 4) is 11.5 Å². The molecule has 1 atom stereocenters. The quantitative estimate of drug-likeness (QED) is 0.696. The number of ether oxygens (including phenoxy) is 1. The fourth-order valence-electron chi connectivity index (χ4n) is 1.41. The third-order valence-corrected chi connectivity index (χ3v) is 3.33. The Hall–Kier alpha value is -1.80. The van der Waals surface area contributed by atoms with E-state index in [9.17, 15) is 18.3 Å². The summed E-state index contributed by atoms with van der Waals surface area (Å²) in [6.07, 6.45) is 0. The van der Waals surface area contributed by atoms with Gasteiger partial charge in [0.25, 0.3) is 0 Å². The van der Waals surface area contributed by atoms with Crippen molar-refractivity contribution in [3.05, 3.63) is 17.7 Å². The monoisotopic (exact) mass is 276 g/mol. The molecule has 0 aliphatic carbocycles. The van der Waals surface area contributed by atoms with Gasteiger partial charge >= 0.3 is 16.1 Å². The minimum Gasteiger partial charge on any atom is -0.506 e. The Labute approximate surface area is 103 Å². The fourth-order valence-corrected chi connectivity index (χ4v) is 2.13. The number of hydrogen-bond acceptors (Lipinski definition) is 5. The van der Waals surface area contributed by atoms with E-state index in [-0.39, 0.29) is 11.3 Å². The van der Waals surface area contributed by atoms with Crippen LogP contribution >= 0.6 is 0 Å². The fraction of sp³-hybridized carbons (Fsp3) is 0.300. The number of phenols is 1. The molecule has 1 rings (SSSR count). The SMILES string of the molecule is COc1cc(C(C)C(=O)O)cc(O)c1S(=O)(=O)O. The first-order chi connectivity index (χ1) is 8.18. The van der Waals surface area contributed by atoms with Crippen molar-refractivity contribution in [1.29, 1.82) is 0 Å².